The first-order valence-corrected chi connectivity index (χ1v) is 12.0. The second-order valence-corrected chi connectivity index (χ2v) is 9.39. The Kier molecular flexibility index (Phi) is 7.97. The van der Waals surface area contributed by atoms with Gasteiger partial charge >= 0.3 is 5.97 Å². The molecule has 0 bridgehead atoms. The minimum Gasteiger partial charge on any atom is -0.462 e. The number of carbonyl (C=O) groups excluding carboxylic acids is 2. The fraction of sp³-hybridized carbons (Fsp3) is 0.130. The molecule has 0 radical (unpaired) electrons. The molecule has 33 heavy (non-hydrogen) atoms. The van der Waals surface area contributed by atoms with E-state index in [1.165, 1.54) is 48.5 Å². The summed E-state index contributed by atoms with van der Waals surface area (Å²) in [6.07, 6.45) is 0. The van der Waals surface area contributed by atoms with E-state index in [0.29, 0.717) is 11.3 Å². The highest BCUT2D eigenvalue weighted by molar-refractivity contribution is 7.92. The number of halogens is 2. The van der Waals surface area contributed by atoms with Gasteiger partial charge in [0.2, 0.25) is 5.91 Å². The Morgan fingerprint density at radius 3 is 2.24 bits per heavy atom. The molecule has 0 saturated heterocycles. The molecular weight excluding hydrogens is 487 g/mol. The van der Waals surface area contributed by atoms with E-state index in [1.807, 2.05) is 0 Å². The van der Waals surface area contributed by atoms with Gasteiger partial charge in [-0.1, -0.05) is 47.5 Å². The molecule has 0 unspecified atom stereocenters. The van der Waals surface area contributed by atoms with E-state index in [1.54, 1.807) is 31.2 Å². The van der Waals surface area contributed by atoms with Crippen LogP contribution in [-0.2, 0) is 19.6 Å². The van der Waals surface area contributed by atoms with Crippen LogP contribution in [0.2, 0.25) is 10.0 Å². The normalized spacial score (nSPS) is 11.0. The van der Waals surface area contributed by atoms with Crippen LogP contribution in [0, 0.1) is 0 Å². The van der Waals surface area contributed by atoms with Crippen LogP contribution < -0.4 is 9.62 Å². The Morgan fingerprint density at radius 2 is 1.61 bits per heavy atom. The second-order valence-electron chi connectivity index (χ2n) is 6.74. The fourth-order valence-corrected chi connectivity index (χ4v) is 4.84. The quantitative estimate of drug-likeness (QED) is 0.433. The number of hydrogen-bond donors (Lipinski definition) is 1. The molecule has 3 rings (SSSR count). The van der Waals surface area contributed by atoms with Crippen molar-refractivity contribution in [1.82, 2.24) is 0 Å². The lowest BCUT2D eigenvalue weighted by molar-refractivity contribution is -0.114. The minimum atomic E-state index is -4.14. The van der Waals surface area contributed by atoms with Crippen molar-refractivity contribution in [2.24, 2.45) is 0 Å². The lowest BCUT2D eigenvalue weighted by atomic mass is 10.2. The number of amides is 1. The predicted molar refractivity (Wildman–Crippen MR) is 128 cm³/mol. The molecule has 0 atom stereocenters. The van der Waals surface area contributed by atoms with Crippen LogP contribution in [0.25, 0.3) is 0 Å². The van der Waals surface area contributed by atoms with Gasteiger partial charge in [-0.15, -0.1) is 0 Å². The summed E-state index contributed by atoms with van der Waals surface area (Å²) < 4.78 is 32.5. The molecular formula is C23H20Cl2N2O5S. The van der Waals surface area contributed by atoms with E-state index < -0.39 is 28.4 Å². The van der Waals surface area contributed by atoms with E-state index in [9.17, 15) is 18.0 Å². The van der Waals surface area contributed by atoms with Crippen LogP contribution >= 0.6 is 23.2 Å². The summed E-state index contributed by atoms with van der Waals surface area (Å²) in [5.41, 5.74) is 0.775. The average Bonchev–Trinajstić information content (AvgIpc) is 2.80. The monoisotopic (exact) mass is 506 g/mol. The highest BCUT2D eigenvalue weighted by atomic mass is 35.5. The van der Waals surface area contributed by atoms with Gasteiger partial charge in [-0.3, -0.25) is 9.10 Å². The topological polar surface area (TPSA) is 92.8 Å². The molecule has 1 N–H and O–H groups in total. The maximum atomic E-state index is 13.4. The van der Waals surface area contributed by atoms with Gasteiger partial charge in [0.15, 0.2) is 0 Å². The van der Waals surface area contributed by atoms with Crippen molar-refractivity contribution in [2.75, 3.05) is 22.8 Å². The zero-order valence-corrected chi connectivity index (χ0v) is 19.8. The number of carbonyl (C=O) groups is 2. The summed E-state index contributed by atoms with van der Waals surface area (Å²) in [6.45, 7) is 1.39. The molecule has 0 aliphatic heterocycles. The Balaban J connectivity index is 1.88. The highest BCUT2D eigenvalue weighted by Crippen LogP contribution is 2.35. The standard InChI is InChI=1S/C23H20Cl2N2O5S/c1-2-32-23(29)16-11-13-17(14-12-16)26-21(28)15-27(20-10-6-9-19(24)22(20)25)33(30,31)18-7-4-3-5-8-18/h3-14H,2,15H2,1H3,(H,26,28). The molecule has 0 heterocycles. The van der Waals surface area contributed by atoms with Crippen molar-refractivity contribution in [2.45, 2.75) is 11.8 Å². The summed E-state index contributed by atoms with van der Waals surface area (Å²) in [5, 5.41) is 2.78. The van der Waals surface area contributed by atoms with Gasteiger partial charge < -0.3 is 10.1 Å². The smallest absolute Gasteiger partial charge is 0.338 e. The lowest BCUT2D eigenvalue weighted by Gasteiger charge is -2.25. The molecule has 172 valence electrons. The number of rotatable bonds is 8. The first kappa shape index (κ1) is 24.6. The number of ether oxygens (including phenoxy) is 1. The van der Waals surface area contributed by atoms with Crippen LogP contribution in [0.5, 0.6) is 0 Å². The van der Waals surface area contributed by atoms with E-state index >= 15 is 0 Å². The van der Waals surface area contributed by atoms with Gasteiger partial charge in [-0.2, -0.15) is 0 Å². The molecule has 1 amide bonds. The summed E-state index contributed by atoms with van der Waals surface area (Å²) in [5.74, 6) is -1.10. The molecule has 7 nitrogen and oxygen atoms in total. The summed E-state index contributed by atoms with van der Waals surface area (Å²) in [4.78, 5) is 24.6. The number of nitrogens with one attached hydrogen (secondary N) is 1. The van der Waals surface area contributed by atoms with Crippen LogP contribution in [0.15, 0.2) is 77.7 Å². The van der Waals surface area contributed by atoms with Crippen LogP contribution in [-0.4, -0.2) is 33.4 Å². The summed E-state index contributed by atoms with van der Waals surface area (Å²) in [6, 6.07) is 18.3. The molecule has 3 aromatic carbocycles. The fourth-order valence-electron chi connectivity index (χ4n) is 2.94. The SMILES string of the molecule is CCOC(=O)c1ccc(NC(=O)CN(c2cccc(Cl)c2Cl)S(=O)(=O)c2ccccc2)cc1. The molecule has 0 aliphatic carbocycles. The van der Waals surface area contributed by atoms with Crippen molar-refractivity contribution in [3.8, 4) is 0 Å². The first-order chi connectivity index (χ1) is 15.7. The second kappa shape index (κ2) is 10.7. The van der Waals surface area contributed by atoms with E-state index in [0.717, 1.165) is 4.31 Å². The van der Waals surface area contributed by atoms with Crippen molar-refractivity contribution < 1.29 is 22.7 Å². The first-order valence-electron chi connectivity index (χ1n) is 9.83. The van der Waals surface area contributed by atoms with Gasteiger partial charge in [-0.05, 0) is 55.5 Å². The van der Waals surface area contributed by atoms with Gasteiger partial charge in [0.25, 0.3) is 10.0 Å². The Hall–Kier alpha value is -3.07. The number of nitrogens with zero attached hydrogens (tertiary/aromatic N) is 1. The molecule has 0 aromatic heterocycles. The van der Waals surface area contributed by atoms with Crippen molar-refractivity contribution in [1.29, 1.82) is 0 Å². The average molecular weight is 507 g/mol. The number of esters is 1. The number of hydrogen-bond acceptors (Lipinski definition) is 5. The maximum absolute atomic E-state index is 13.4. The van der Waals surface area contributed by atoms with E-state index in [4.69, 9.17) is 27.9 Å². The van der Waals surface area contributed by atoms with Gasteiger partial charge in [0.05, 0.1) is 32.8 Å². The predicted octanol–water partition coefficient (Wildman–Crippen LogP) is 5.00. The van der Waals surface area contributed by atoms with Crippen LogP contribution in [0.4, 0.5) is 11.4 Å². The van der Waals surface area contributed by atoms with Crippen molar-refractivity contribution in [3.63, 3.8) is 0 Å². The van der Waals surface area contributed by atoms with Gasteiger partial charge in [0, 0.05) is 5.69 Å². The maximum Gasteiger partial charge on any atom is 0.338 e. The molecule has 0 aliphatic rings. The highest BCUT2D eigenvalue weighted by Gasteiger charge is 2.29. The van der Waals surface area contributed by atoms with Crippen molar-refractivity contribution in [3.05, 3.63) is 88.4 Å². The number of anilines is 2. The zero-order valence-electron chi connectivity index (χ0n) is 17.5. The largest absolute Gasteiger partial charge is 0.462 e. The third kappa shape index (κ3) is 5.84. The number of benzene rings is 3. The number of sulfonamides is 1. The molecule has 0 saturated carbocycles. The van der Waals surface area contributed by atoms with Crippen molar-refractivity contribution >= 4 is 56.5 Å². The molecule has 3 aromatic rings. The van der Waals surface area contributed by atoms with E-state index in [-0.39, 0.29) is 27.2 Å². The Bertz CT molecular complexity index is 1250. The lowest BCUT2D eigenvalue weighted by Crippen LogP contribution is -2.38. The third-order valence-corrected chi connectivity index (χ3v) is 7.08. The van der Waals surface area contributed by atoms with Crippen LogP contribution in [0.1, 0.15) is 17.3 Å². The molecule has 0 fully saturated rings. The van der Waals surface area contributed by atoms with Gasteiger partial charge in [-0.25, -0.2) is 13.2 Å². The third-order valence-electron chi connectivity index (χ3n) is 4.50. The molecule has 0 spiro atoms. The Labute approximate surface area is 201 Å². The van der Waals surface area contributed by atoms with E-state index in [2.05, 4.69) is 5.32 Å². The minimum absolute atomic E-state index is 0.00487. The summed E-state index contributed by atoms with van der Waals surface area (Å²) in [7, 11) is -4.14. The zero-order chi connectivity index (χ0) is 24.0. The van der Waals surface area contributed by atoms with Gasteiger partial charge in [0.1, 0.15) is 6.54 Å². The van der Waals surface area contributed by atoms with Crippen LogP contribution in [0.3, 0.4) is 0 Å². The molecule has 10 heteroatoms. The Morgan fingerprint density at radius 1 is 0.939 bits per heavy atom. The summed E-state index contributed by atoms with van der Waals surface area (Å²) >= 11 is 12.4.